The average Bonchev–Trinajstić information content (AvgIpc) is 3.28. The third-order valence-electron chi connectivity index (χ3n) is 11.4. The van der Waals surface area contributed by atoms with Crippen LogP contribution in [0, 0.1) is 0 Å². The van der Waals surface area contributed by atoms with Crippen molar-refractivity contribution in [1.29, 1.82) is 0 Å². The van der Waals surface area contributed by atoms with Gasteiger partial charge in [0.1, 0.15) is 5.60 Å². The number of aliphatic carboxylic acids is 1. The normalized spacial score (nSPS) is 15.9. The van der Waals surface area contributed by atoms with Gasteiger partial charge in [0.05, 0.1) is 27.6 Å². The molecule has 4 atom stereocenters. The minimum atomic E-state index is -2.45. The summed E-state index contributed by atoms with van der Waals surface area (Å²) in [5.74, 6) is -2.86. The summed E-state index contributed by atoms with van der Waals surface area (Å²) in [5, 5.41) is 21.2. The van der Waals surface area contributed by atoms with E-state index in [0.29, 0.717) is 6.54 Å². The molecule has 0 saturated carbocycles. The van der Waals surface area contributed by atoms with Gasteiger partial charge in [-0.15, -0.1) is 11.8 Å². The van der Waals surface area contributed by atoms with E-state index in [2.05, 4.69) is 57.1 Å². The second-order valence-electron chi connectivity index (χ2n) is 17.6. The van der Waals surface area contributed by atoms with E-state index >= 15 is 9.59 Å². The molecule has 1 aliphatic rings. The maximum absolute atomic E-state index is 15.6. The number of nitrogens with one attached hydrogen (secondary N) is 4. The van der Waals surface area contributed by atoms with Crippen LogP contribution in [0.2, 0.25) is 0 Å². The van der Waals surface area contributed by atoms with Crippen molar-refractivity contribution in [2.75, 3.05) is 31.4 Å². The molecule has 1 heterocycles. The van der Waals surface area contributed by atoms with E-state index in [-0.39, 0.29) is 36.8 Å². The molecule has 0 radical (unpaired) electrons. The van der Waals surface area contributed by atoms with E-state index in [9.17, 15) is 19.5 Å². The van der Waals surface area contributed by atoms with Gasteiger partial charge in [-0.1, -0.05) is 115 Å². The first-order chi connectivity index (χ1) is 30.9. The third-order valence-corrected chi connectivity index (χ3v) is 14.9. The van der Waals surface area contributed by atoms with Crippen molar-refractivity contribution in [3.05, 3.63) is 143 Å². The van der Waals surface area contributed by atoms with Crippen LogP contribution in [-0.4, -0.2) is 105 Å². The van der Waals surface area contributed by atoms with E-state index in [0.717, 1.165) is 39.8 Å². The Morgan fingerprint density at radius 1 is 0.815 bits per heavy atom. The van der Waals surface area contributed by atoms with E-state index in [1.54, 1.807) is 41.7 Å². The molecule has 0 spiro atoms. The van der Waals surface area contributed by atoms with Crippen LogP contribution in [0.4, 0.5) is 4.79 Å². The molecule has 12 nitrogen and oxygen atoms in total. The van der Waals surface area contributed by atoms with Crippen LogP contribution in [0.15, 0.2) is 115 Å². The summed E-state index contributed by atoms with van der Waals surface area (Å²) in [7, 11) is 1.56. The highest BCUT2D eigenvalue weighted by molar-refractivity contribution is 8.00. The lowest BCUT2D eigenvalue weighted by atomic mass is 9.80. The summed E-state index contributed by atoms with van der Waals surface area (Å²) in [6.45, 7) is 10.0. The Morgan fingerprint density at radius 3 is 1.82 bits per heavy atom. The van der Waals surface area contributed by atoms with Gasteiger partial charge < -0.3 is 30.7 Å². The Labute approximate surface area is 396 Å². The molecule has 3 amide bonds. The molecular formula is C50H63N5O7S3. The highest BCUT2D eigenvalue weighted by atomic mass is 32.2. The van der Waals surface area contributed by atoms with Crippen LogP contribution in [0.3, 0.4) is 0 Å². The molecule has 0 fully saturated rings. The zero-order valence-electron chi connectivity index (χ0n) is 38.5. The molecule has 15 heteroatoms. The summed E-state index contributed by atoms with van der Waals surface area (Å²) in [5.41, 5.74) is 1.48. The molecular weight excluding hydrogens is 879 g/mol. The number of fused-ring (bicyclic) bond motifs is 1. The first kappa shape index (κ1) is 51.2. The predicted molar refractivity (Wildman–Crippen MR) is 264 cm³/mol. The molecule has 4 aromatic rings. The van der Waals surface area contributed by atoms with Crippen LogP contribution in [0.25, 0.3) is 0 Å². The van der Waals surface area contributed by atoms with Gasteiger partial charge in [-0.25, -0.2) is 9.59 Å². The maximum atomic E-state index is 15.6. The summed E-state index contributed by atoms with van der Waals surface area (Å²) in [6, 6.07) is 34.8. The summed E-state index contributed by atoms with van der Waals surface area (Å²) >= 11 is 3.88. The van der Waals surface area contributed by atoms with Gasteiger partial charge in [0.25, 0.3) is 0 Å². The highest BCUT2D eigenvalue weighted by Crippen LogP contribution is 2.49. The fourth-order valence-corrected chi connectivity index (χ4v) is 11.1. The molecule has 1 unspecified atom stereocenters. The number of carboxylic acid groups (broad SMARTS) is 1. The number of ketones is 1. The van der Waals surface area contributed by atoms with Gasteiger partial charge in [-0.3, -0.25) is 19.1 Å². The number of benzene rings is 4. The van der Waals surface area contributed by atoms with Crippen molar-refractivity contribution in [3.63, 3.8) is 0 Å². The number of carbonyl (C=O) groups is 5. The van der Waals surface area contributed by atoms with Crippen molar-refractivity contribution >= 4 is 65.1 Å². The van der Waals surface area contributed by atoms with Crippen molar-refractivity contribution in [1.82, 2.24) is 25.6 Å². The zero-order chi connectivity index (χ0) is 47.4. The van der Waals surface area contributed by atoms with Gasteiger partial charge in [-0.05, 0) is 106 Å². The minimum Gasteiger partial charge on any atom is -0.479 e. The number of ether oxygens (including phenoxy) is 1. The first-order valence-corrected chi connectivity index (χ1v) is 24.9. The van der Waals surface area contributed by atoms with E-state index < -0.39 is 62.5 Å². The maximum Gasteiger partial charge on any atom is 0.407 e. The second-order valence-corrected chi connectivity index (χ2v) is 21.3. The third kappa shape index (κ3) is 12.4. The number of nitrogens with zero attached hydrogens (tertiary/aromatic N) is 1. The Balaban J connectivity index is 1.73. The van der Waals surface area contributed by atoms with Gasteiger partial charge in [0.2, 0.25) is 17.4 Å². The van der Waals surface area contributed by atoms with Crippen molar-refractivity contribution < 1.29 is 33.8 Å². The molecule has 0 aliphatic carbocycles. The fourth-order valence-electron chi connectivity index (χ4n) is 8.34. The Kier molecular flexibility index (Phi) is 17.8. The van der Waals surface area contributed by atoms with Gasteiger partial charge in [0, 0.05) is 25.8 Å². The number of carboxylic acids is 1. The largest absolute Gasteiger partial charge is 0.479 e. The summed E-state index contributed by atoms with van der Waals surface area (Å²) in [4.78, 5) is 73.0. The predicted octanol–water partition coefficient (Wildman–Crippen LogP) is 7.44. The lowest BCUT2D eigenvalue weighted by molar-refractivity contribution is -0.167. The number of likely N-dealkylation sites (N-methyl/N-ethyl adjacent to an activating group) is 1. The second kappa shape index (κ2) is 22.6. The Morgan fingerprint density at radius 2 is 1.34 bits per heavy atom. The SMILES string of the molecule is CN[C@H](C(=O)C(CCSC)(C(=O)O)N(C[C@H](CSC(c1ccccc1)(c1ccccc1)c1ccccc1)NC(=O)OC(C)(C)C)C(=O)[C@@H]1Cc2ccccc2CN1)C(C)(C)SNC(C)=O. The van der Waals surface area contributed by atoms with E-state index in [1.165, 1.54) is 35.3 Å². The van der Waals surface area contributed by atoms with Crippen LogP contribution in [-0.2, 0) is 41.6 Å². The van der Waals surface area contributed by atoms with Gasteiger partial charge in [0.15, 0.2) is 5.78 Å². The molecule has 0 aromatic heterocycles. The van der Waals surface area contributed by atoms with Crippen LogP contribution in [0.5, 0.6) is 0 Å². The van der Waals surface area contributed by atoms with E-state index in [4.69, 9.17) is 4.74 Å². The van der Waals surface area contributed by atoms with Crippen LogP contribution in [0.1, 0.15) is 75.8 Å². The molecule has 5 N–H and O–H groups in total. The molecule has 348 valence electrons. The van der Waals surface area contributed by atoms with Crippen LogP contribution >= 0.6 is 35.5 Å². The number of rotatable bonds is 21. The fraction of sp³-hybridized carbons (Fsp3) is 0.420. The smallest absolute Gasteiger partial charge is 0.407 e. The van der Waals surface area contributed by atoms with Crippen molar-refractivity contribution in [2.45, 2.75) is 99.7 Å². The first-order valence-electron chi connectivity index (χ1n) is 21.7. The molecule has 4 aromatic carbocycles. The molecule has 65 heavy (non-hydrogen) atoms. The van der Waals surface area contributed by atoms with Gasteiger partial charge >= 0.3 is 12.1 Å². The number of amides is 3. The molecule has 0 bridgehead atoms. The monoisotopic (exact) mass is 941 g/mol. The van der Waals surface area contributed by atoms with Crippen molar-refractivity contribution in [2.24, 2.45) is 0 Å². The lowest BCUT2D eigenvalue weighted by Gasteiger charge is -2.46. The molecule has 5 rings (SSSR count). The molecule has 1 aliphatic heterocycles. The number of thioether (sulfide) groups is 2. The average molecular weight is 942 g/mol. The minimum absolute atomic E-state index is 0.133. The Hall–Kier alpha value is -4.80. The molecule has 0 saturated heterocycles. The number of alkyl carbamates (subject to hydrolysis) is 1. The highest BCUT2D eigenvalue weighted by Gasteiger charge is 2.58. The number of Topliss-reactive ketones (excluding diaryl/α,β-unsaturated/α-hetero) is 1. The summed E-state index contributed by atoms with van der Waals surface area (Å²) < 4.78 is 6.59. The zero-order valence-corrected chi connectivity index (χ0v) is 41.0. The van der Waals surface area contributed by atoms with Crippen LogP contribution < -0.4 is 20.7 Å². The summed E-state index contributed by atoms with van der Waals surface area (Å²) in [6.07, 6.45) is 1.05. The quantitative estimate of drug-likeness (QED) is 0.0319. The number of hydrogen-bond acceptors (Lipinski definition) is 11. The van der Waals surface area contributed by atoms with Gasteiger partial charge in [-0.2, -0.15) is 11.8 Å². The standard InChI is InChI=1S/C50H63N5O7S3/c1-34(56)54-65-48(5,6)42(51-7)43(57)49(45(59)60,28-29-63-8)55(44(58)41-30-35-20-18-19-21-36(35)31-52-41)32-40(53-46(61)62-47(2,3)4)33-64-50(37-22-12-9-13-23-37,38-24-14-10-15-25-38)39-26-16-11-17-27-39/h9-27,40-42,51-52H,28-33H2,1-8H3,(H,53,61)(H,54,56)(H,59,60)/t40-,41+,42-,49?/m1/s1. The lowest BCUT2D eigenvalue weighted by Crippen LogP contribution is -2.72. The van der Waals surface area contributed by atoms with E-state index in [1.807, 2.05) is 85.1 Å². The number of hydrogen-bond donors (Lipinski definition) is 5. The topological polar surface area (TPSA) is 166 Å². The Bertz CT molecular complexity index is 2150. The van der Waals surface area contributed by atoms with Crippen molar-refractivity contribution in [3.8, 4) is 0 Å². The number of carbonyl (C=O) groups excluding carboxylic acids is 4.